The van der Waals surface area contributed by atoms with E-state index in [9.17, 15) is 4.79 Å². The lowest BCUT2D eigenvalue weighted by Crippen LogP contribution is -2.07. The third-order valence-electron chi connectivity index (χ3n) is 1.25. The fraction of sp³-hybridized carbons (Fsp3) is 0.250. The summed E-state index contributed by atoms with van der Waals surface area (Å²) in [6, 6.07) is 1.80. The van der Waals surface area contributed by atoms with Crippen LogP contribution in [0.3, 0.4) is 0 Å². The van der Waals surface area contributed by atoms with E-state index in [0.29, 0.717) is 6.61 Å². The molecular formula is C8H7N3O2. The number of nitriles is 1. The smallest absolute Gasteiger partial charge is 0.358 e. The van der Waals surface area contributed by atoms with Crippen LogP contribution in [0.5, 0.6) is 0 Å². The Morgan fingerprint density at radius 2 is 2.38 bits per heavy atom. The lowest BCUT2D eigenvalue weighted by molar-refractivity contribution is 0.0519. The molecule has 0 atom stereocenters. The standard InChI is InChI=1S/C8H7N3O2/c1-2-13-8(12)7-5-10-6(3-9)4-11-7/h4-5H,2H2,1H3. The van der Waals surface area contributed by atoms with Gasteiger partial charge >= 0.3 is 5.97 Å². The van der Waals surface area contributed by atoms with E-state index >= 15 is 0 Å². The van der Waals surface area contributed by atoms with Gasteiger partial charge in [-0.05, 0) is 6.92 Å². The zero-order chi connectivity index (χ0) is 9.68. The summed E-state index contributed by atoms with van der Waals surface area (Å²) in [5, 5.41) is 8.40. The van der Waals surface area contributed by atoms with E-state index < -0.39 is 5.97 Å². The molecule has 0 amide bonds. The second-order valence-electron chi connectivity index (χ2n) is 2.12. The molecule has 13 heavy (non-hydrogen) atoms. The van der Waals surface area contributed by atoms with Crippen molar-refractivity contribution in [3.05, 3.63) is 23.8 Å². The Hall–Kier alpha value is -1.96. The molecule has 0 aliphatic carbocycles. The van der Waals surface area contributed by atoms with Crippen molar-refractivity contribution in [1.82, 2.24) is 9.97 Å². The lowest BCUT2D eigenvalue weighted by atomic mass is 10.4. The third kappa shape index (κ3) is 2.24. The van der Waals surface area contributed by atoms with Crippen molar-refractivity contribution >= 4 is 5.97 Å². The number of hydrogen-bond donors (Lipinski definition) is 0. The number of rotatable bonds is 2. The molecule has 0 fully saturated rings. The number of esters is 1. The van der Waals surface area contributed by atoms with Crippen LogP contribution in [0.25, 0.3) is 0 Å². The molecule has 1 heterocycles. The average molecular weight is 177 g/mol. The third-order valence-corrected chi connectivity index (χ3v) is 1.25. The predicted molar refractivity (Wildman–Crippen MR) is 42.7 cm³/mol. The summed E-state index contributed by atoms with van der Waals surface area (Å²) in [7, 11) is 0. The minimum Gasteiger partial charge on any atom is -0.461 e. The van der Waals surface area contributed by atoms with Crippen LogP contribution in [0.1, 0.15) is 23.1 Å². The molecule has 1 aromatic heterocycles. The Labute approximate surface area is 75.0 Å². The topological polar surface area (TPSA) is 75.9 Å². The normalized spacial score (nSPS) is 8.92. The minimum absolute atomic E-state index is 0.112. The van der Waals surface area contributed by atoms with Crippen LogP contribution in [-0.4, -0.2) is 22.5 Å². The van der Waals surface area contributed by atoms with Crippen molar-refractivity contribution in [1.29, 1.82) is 5.26 Å². The Balaban J connectivity index is 2.81. The average Bonchev–Trinajstić information content (AvgIpc) is 2.18. The molecule has 0 aliphatic heterocycles. The Bertz CT molecular complexity index is 339. The first-order chi connectivity index (χ1) is 6.27. The lowest BCUT2D eigenvalue weighted by Gasteiger charge is -1.98. The number of carbonyl (C=O) groups excluding carboxylic acids is 1. The van der Waals surface area contributed by atoms with Crippen molar-refractivity contribution in [2.45, 2.75) is 6.92 Å². The van der Waals surface area contributed by atoms with Crippen LogP contribution < -0.4 is 0 Å². The van der Waals surface area contributed by atoms with Gasteiger partial charge < -0.3 is 4.74 Å². The quantitative estimate of drug-likeness (QED) is 0.615. The first-order valence-corrected chi connectivity index (χ1v) is 3.67. The summed E-state index contributed by atoms with van der Waals surface area (Å²) in [6.45, 7) is 2.00. The van der Waals surface area contributed by atoms with Crippen molar-refractivity contribution in [3.8, 4) is 6.07 Å². The largest absolute Gasteiger partial charge is 0.461 e. The van der Waals surface area contributed by atoms with Crippen molar-refractivity contribution in [2.75, 3.05) is 6.61 Å². The minimum atomic E-state index is -0.528. The van der Waals surface area contributed by atoms with Gasteiger partial charge in [0.05, 0.1) is 19.0 Å². The molecule has 0 saturated heterocycles. The van der Waals surface area contributed by atoms with Gasteiger partial charge in [0.2, 0.25) is 0 Å². The van der Waals surface area contributed by atoms with Crippen LogP contribution in [-0.2, 0) is 4.74 Å². The highest BCUT2D eigenvalue weighted by Crippen LogP contribution is 1.96. The second-order valence-corrected chi connectivity index (χ2v) is 2.12. The molecule has 0 radical (unpaired) electrons. The fourth-order valence-corrected chi connectivity index (χ4v) is 0.696. The highest BCUT2D eigenvalue weighted by molar-refractivity contribution is 5.86. The molecule has 0 unspecified atom stereocenters. The number of aromatic nitrogens is 2. The highest BCUT2D eigenvalue weighted by Gasteiger charge is 2.07. The van der Waals surface area contributed by atoms with Gasteiger partial charge in [0.1, 0.15) is 6.07 Å². The van der Waals surface area contributed by atoms with Crippen LogP contribution in [0.4, 0.5) is 0 Å². The van der Waals surface area contributed by atoms with E-state index in [1.165, 1.54) is 12.4 Å². The molecule has 0 saturated carbocycles. The van der Waals surface area contributed by atoms with E-state index in [2.05, 4.69) is 14.7 Å². The molecule has 66 valence electrons. The van der Waals surface area contributed by atoms with Crippen LogP contribution in [0.15, 0.2) is 12.4 Å². The Morgan fingerprint density at radius 1 is 1.62 bits per heavy atom. The van der Waals surface area contributed by atoms with Crippen molar-refractivity contribution in [3.63, 3.8) is 0 Å². The number of carbonyl (C=O) groups is 1. The van der Waals surface area contributed by atoms with E-state index in [0.717, 1.165) is 0 Å². The van der Waals surface area contributed by atoms with E-state index in [1.807, 2.05) is 0 Å². The monoisotopic (exact) mass is 177 g/mol. The SMILES string of the molecule is CCOC(=O)c1cnc(C#N)cn1. The number of hydrogen-bond acceptors (Lipinski definition) is 5. The van der Waals surface area contributed by atoms with Gasteiger partial charge in [0, 0.05) is 0 Å². The predicted octanol–water partition coefficient (Wildman–Crippen LogP) is 0.525. The van der Waals surface area contributed by atoms with Crippen LogP contribution in [0.2, 0.25) is 0 Å². The van der Waals surface area contributed by atoms with Crippen molar-refractivity contribution in [2.24, 2.45) is 0 Å². The van der Waals surface area contributed by atoms with Gasteiger partial charge in [-0.25, -0.2) is 14.8 Å². The number of nitrogens with zero attached hydrogens (tertiary/aromatic N) is 3. The summed E-state index contributed by atoms with van der Waals surface area (Å²) in [6.07, 6.45) is 2.45. The van der Waals surface area contributed by atoms with E-state index in [4.69, 9.17) is 5.26 Å². The molecule has 1 aromatic rings. The van der Waals surface area contributed by atoms with Gasteiger partial charge in [0.15, 0.2) is 11.4 Å². The molecule has 5 heteroatoms. The molecule has 0 aliphatic rings. The maximum atomic E-state index is 11.0. The number of ether oxygens (including phenoxy) is 1. The van der Waals surface area contributed by atoms with Crippen LogP contribution >= 0.6 is 0 Å². The molecule has 5 nitrogen and oxygen atoms in total. The first kappa shape index (κ1) is 9.13. The summed E-state index contributed by atoms with van der Waals surface area (Å²) in [5.41, 5.74) is 0.286. The van der Waals surface area contributed by atoms with E-state index in [-0.39, 0.29) is 11.4 Å². The summed E-state index contributed by atoms with van der Waals surface area (Å²) in [4.78, 5) is 18.4. The summed E-state index contributed by atoms with van der Waals surface area (Å²) < 4.78 is 4.68. The summed E-state index contributed by atoms with van der Waals surface area (Å²) >= 11 is 0. The van der Waals surface area contributed by atoms with Gasteiger partial charge in [-0.2, -0.15) is 5.26 Å². The van der Waals surface area contributed by atoms with Gasteiger partial charge in [-0.15, -0.1) is 0 Å². The van der Waals surface area contributed by atoms with Gasteiger partial charge in [0.25, 0.3) is 0 Å². The fourth-order valence-electron chi connectivity index (χ4n) is 0.696. The zero-order valence-corrected chi connectivity index (χ0v) is 7.02. The van der Waals surface area contributed by atoms with Gasteiger partial charge in [-0.1, -0.05) is 0 Å². The highest BCUT2D eigenvalue weighted by atomic mass is 16.5. The Kier molecular flexibility index (Phi) is 2.92. The molecule has 0 aromatic carbocycles. The van der Waals surface area contributed by atoms with Crippen LogP contribution in [0, 0.1) is 11.3 Å². The molecular weight excluding hydrogens is 170 g/mol. The maximum Gasteiger partial charge on any atom is 0.358 e. The summed E-state index contributed by atoms with van der Waals surface area (Å²) in [5.74, 6) is -0.528. The Morgan fingerprint density at radius 3 is 2.85 bits per heavy atom. The van der Waals surface area contributed by atoms with Gasteiger partial charge in [-0.3, -0.25) is 0 Å². The second kappa shape index (κ2) is 4.16. The zero-order valence-electron chi connectivity index (χ0n) is 7.02. The first-order valence-electron chi connectivity index (χ1n) is 3.67. The molecule has 0 spiro atoms. The molecule has 0 bridgehead atoms. The van der Waals surface area contributed by atoms with Crippen molar-refractivity contribution < 1.29 is 9.53 Å². The molecule has 1 rings (SSSR count). The molecule has 0 N–H and O–H groups in total. The maximum absolute atomic E-state index is 11.0. The van der Waals surface area contributed by atoms with E-state index in [1.54, 1.807) is 13.0 Å².